The second-order valence-electron chi connectivity index (χ2n) is 5.65. The van der Waals surface area contributed by atoms with Gasteiger partial charge in [0.05, 0.1) is 0 Å². The molecule has 0 radical (unpaired) electrons. The molecule has 0 aliphatic carbocycles. The van der Waals surface area contributed by atoms with Crippen molar-refractivity contribution < 1.29 is 0 Å². The van der Waals surface area contributed by atoms with Crippen molar-refractivity contribution in [3.63, 3.8) is 0 Å². The molecule has 0 aromatic carbocycles. The minimum atomic E-state index is 0.485. The fourth-order valence-corrected chi connectivity index (χ4v) is 1.87. The molecule has 0 saturated carbocycles. The van der Waals surface area contributed by atoms with Gasteiger partial charge in [-0.3, -0.25) is 0 Å². The van der Waals surface area contributed by atoms with Crippen LogP contribution in [-0.2, 0) is 0 Å². The lowest BCUT2D eigenvalue weighted by molar-refractivity contribution is 0.284. The van der Waals surface area contributed by atoms with Crippen molar-refractivity contribution in [3.05, 3.63) is 0 Å². The summed E-state index contributed by atoms with van der Waals surface area (Å²) in [6.07, 6.45) is 3.92. The molecule has 0 aromatic rings. The Labute approximate surface area is 90.7 Å². The lowest BCUT2D eigenvalue weighted by Gasteiger charge is -2.27. The Kier molecular flexibility index (Phi) is 6.43. The summed E-state index contributed by atoms with van der Waals surface area (Å²) in [7, 11) is 0. The largest absolute Gasteiger partial charge is 0.314 e. The van der Waals surface area contributed by atoms with Gasteiger partial charge in [-0.2, -0.15) is 0 Å². The van der Waals surface area contributed by atoms with Crippen molar-refractivity contribution in [2.24, 2.45) is 11.3 Å². The molecule has 1 nitrogen and oxygen atoms in total. The first-order valence-corrected chi connectivity index (χ1v) is 6.14. The fourth-order valence-electron chi connectivity index (χ4n) is 1.87. The van der Waals surface area contributed by atoms with Crippen LogP contribution in [0.2, 0.25) is 0 Å². The second-order valence-corrected chi connectivity index (χ2v) is 5.65. The first-order valence-electron chi connectivity index (χ1n) is 6.14. The Hall–Kier alpha value is -0.0400. The Bertz CT molecular complexity index is 135. The van der Waals surface area contributed by atoms with Gasteiger partial charge in [0, 0.05) is 6.04 Å². The van der Waals surface area contributed by atoms with Crippen molar-refractivity contribution in [3.8, 4) is 0 Å². The number of rotatable bonds is 6. The highest BCUT2D eigenvalue weighted by Gasteiger charge is 2.17. The monoisotopic (exact) mass is 199 g/mol. The zero-order valence-corrected chi connectivity index (χ0v) is 11.0. The molecule has 0 aliphatic heterocycles. The van der Waals surface area contributed by atoms with E-state index in [1.54, 1.807) is 0 Å². The summed E-state index contributed by atoms with van der Waals surface area (Å²) >= 11 is 0. The molecule has 0 rings (SSSR count). The minimum Gasteiger partial charge on any atom is -0.314 e. The quantitative estimate of drug-likeness (QED) is 0.685. The Morgan fingerprint density at radius 2 is 1.71 bits per heavy atom. The van der Waals surface area contributed by atoms with E-state index in [0.29, 0.717) is 11.5 Å². The van der Waals surface area contributed by atoms with Gasteiger partial charge in [0.2, 0.25) is 0 Å². The SMILES string of the molecule is CCNC(CC)C(C)CCC(C)(C)C. The van der Waals surface area contributed by atoms with Gasteiger partial charge in [-0.1, -0.05) is 41.5 Å². The average molecular weight is 199 g/mol. The molecule has 0 heterocycles. The maximum absolute atomic E-state index is 3.57. The molecule has 1 heteroatoms. The van der Waals surface area contributed by atoms with E-state index in [0.717, 1.165) is 12.5 Å². The highest BCUT2D eigenvalue weighted by atomic mass is 14.9. The van der Waals surface area contributed by atoms with Crippen molar-refractivity contribution in [1.82, 2.24) is 5.32 Å². The summed E-state index contributed by atoms with van der Waals surface area (Å²) in [6, 6.07) is 0.711. The molecule has 14 heavy (non-hydrogen) atoms. The van der Waals surface area contributed by atoms with Gasteiger partial charge in [-0.05, 0) is 37.1 Å². The highest BCUT2D eigenvalue weighted by Crippen LogP contribution is 2.25. The van der Waals surface area contributed by atoms with E-state index in [1.807, 2.05) is 0 Å². The maximum atomic E-state index is 3.57. The van der Waals surface area contributed by atoms with E-state index in [-0.39, 0.29) is 0 Å². The molecule has 2 atom stereocenters. The predicted octanol–water partition coefficient (Wildman–Crippen LogP) is 3.84. The molecule has 0 amide bonds. The molecule has 0 saturated heterocycles. The lowest BCUT2D eigenvalue weighted by Crippen LogP contribution is -2.34. The molecule has 0 aromatic heterocycles. The molecule has 0 aliphatic rings. The molecule has 0 spiro atoms. The third kappa shape index (κ3) is 6.42. The van der Waals surface area contributed by atoms with Gasteiger partial charge < -0.3 is 5.32 Å². The first kappa shape index (κ1) is 14.0. The summed E-state index contributed by atoms with van der Waals surface area (Å²) in [4.78, 5) is 0. The third-order valence-corrected chi connectivity index (χ3v) is 2.94. The van der Waals surface area contributed by atoms with Crippen LogP contribution in [0.4, 0.5) is 0 Å². The van der Waals surface area contributed by atoms with E-state index < -0.39 is 0 Å². The average Bonchev–Trinajstić information content (AvgIpc) is 2.09. The van der Waals surface area contributed by atoms with Crippen LogP contribution in [0.5, 0.6) is 0 Å². The number of hydrogen-bond acceptors (Lipinski definition) is 1. The summed E-state index contributed by atoms with van der Waals surface area (Å²) in [5.74, 6) is 0.805. The molecular formula is C13H29N. The smallest absolute Gasteiger partial charge is 0.00899 e. The minimum absolute atomic E-state index is 0.485. The standard InChI is InChI=1S/C13H29N/c1-7-12(14-8-2)11(3)9-10-13(4,5)6/h11-12,14H,7-10H2,1-6H3. The van der Waals surface area contributed by atoms with Crippen molar-refractivity contribution in [2.45, 2.75) is 66.8 Å². The highest BCUT2D eigenvalue weighted by molar-refractivity contribution is 4.73. The van der Waals surface area contributed by atoms with Crippen molar-refractivity contribution >= 4 is 0 Å². The van der Waals surface area contributed by atoms with Gasteiger partial charge >= 0.3 is 0 Å². The second kappa shape index (κ2) is 6.44. The predicted molar refractivity (Wildman–Crippen MR) is 65.6 cm³/mol. The summed E-state index contributed by atoms with van der Waals surface area (Å²) < 4.78 is 0. The van der Waals surface area contributed by atoms with Crippen LogP contribution >= 0.6 is 0 Å². The van der Waals surface area contributed by atoms with Crippen LogP contribution in [0.25, 0.3) is 0 Å². The summed E-state index contributed by atoms with van der Waals surface area (Å²) in [5, 5.41) is 3.57. The first-order chi connectivity index (χ1) is 6.40. The summed E-state index contributed by atoms with van der Waals surface area (Å²) in [6.45, 7) is 14.9. The Morgan fingerprint density at radius 1 is 1.14 bits per heavy atom. The van der Waals surface area contributed by atoms with Crippen LogP contribution in [0.1, 0.15) is 60.8 Å². The van der Waals surface area contributed by atoms with Crippen LogP contribution in [0, 0.1) is 11.3 Å². The van der Waals surface area contributed by atoms with Gasteiger partial charge in [-0.25, -0.2) is 0 Å². The van der Waals surface area contributed by atoms with Crippen LogP contribution in [0.3, 0.4) is 0 Å². The van der Waals surface area contributed by atoms with E-state index in [1.165, 1.54) is 19.3 Å². The zero-order chi connectivity index (χ0) is 11.2. The molecule has 1 N–H and O–H groups in total. The molecule has 2 unspecified atom stereocenters. The number of nitrogens with one attached hydrogen (secondary N) is 1. The van der Waals surface area contributed by atoms with E-state index in [4.69, 9.17) is 0 Å². The number of hydrogen-bond donors (Lipinski definition) is 1. The topological polar surface area (TPSA) is 12.0 Å². The fraction of sp³-hybridized carbons (Fsp3) is 1.00. The van der Waals surface area contributed by atoms with Gasteiger partial charge in [0.15, 0.2) is 0 Å². The lowest BCUT2D eigenvalue weighted by atomic mass is 9.84. The zero-order valence-electron chi connectivity index (χ0n) is 11.0. The van der Waals surface area contributed by atoms with E-state index >= 15 is 0 Å². The van der Waals surface area contributed by atoms with Gasteiger partial charge in [-0.15, -0.1) is 0 Å². The van der Waals surface area contributed by atoms with Crippen LogP contribution in [0.15, 0.2) is 0 Å². The van der Waals surface area contributed by atoms with Gasteiger partial charge in [0.25, 0.3) is 0 Å². The van der Waals surface area contributed by atoms with E-state index in [9.17, 15) is 0 Å². The van der Waals surface area contributed by atoms with Gasteiger partial charge in [0.1, 0.15) is 0 Å². The Balaban J connectivity index is 3.85. The Morgan fingerprint density at radius 3 is 2.07 bits per heavy atom. The summed E-state index contributed by atoms with van der Waals surface area (Å²) in [5.41, 5.74) is 0.485. The molecule has 0 bridgehead atoms. The van der Waals surface area contributed by atoms with Crippen LogP contribution in [-0.4, -0.2) is 12.6 Å². The normalized spacial score (nSPS) is 16.7. The molecular weight excluding hydrogens is 170 g/mol. The van der Waals surface area contributed by atoms with E-state index in [2.05, 4.69) is 46.9 Å². The molecule has 0 fully saturated rings. The van der Waals surface area contributed by atoms with Crippen molar-refractivity contribution in [2.75, 3.05) is 6.54 Å². The van der Waals surface area contributed by atoms with Crippen molar-refractivity contribution in [1.29, 1.82) is 0 Å². The van der Waals surface area contributed by atoms with Crippen LogP contribution < -0.4 is 5.32 Å². The third-order valence-electron chi connectivity index (χ3n) is 2.94. The molecule has 86 valence electrons. The maximum Gasteiger partial charge on any atom is 0.00899 e.